The Morgan fingerprint density at radius 1 is 0.500 bits per heavy atom. The van der Waals surface area contributed by atoms with E-state index in [1.807, 2.05) is 30.3 Å². The molecular formula is C11H5Br11. The van der Waals surface area contributed by atoms with E-state index in [2.05, 4.69) is 175 Å². The zero-order valence-corrected chi connectivity index (χ0v) is 27.5. The highest BCUT2D eigenvalue weighted by Crippen LogP contribution is 2.73. The second-order valence-corrected chi connectivity index (χ2v) is 24.7. The molecule has 0 fully saturated rings. The molecule has 0 aliphatic heterocycles. The van der Waals surface area contributed by atoms with Crippen LogP contribution in [-0.4, -0.2) is 11.8 Å². The lowest BCUT2D eigenvalue weighted by Crippen LogP contribution is -2.58. The Kier molecular flexibility index (Phi) is 9.45. The molecule has 1 aromatic rings. The molecule has 0 atom stereocenters. The second kappa shape index (κ2) is 8.47. The van der Waals surface area contributed by atoms with E-state index >= 15 is 0 Å². The molecule has 0 saturated carbocycles. The monoisotopic (exact) mass is 1010 g/mol. The van der Waals surface area contributed by atoms with Crippen LogP contribution in [0.3, 0.4) is 0 Å². The summed E-state index contributed by atoms with van der Waals surface area (Å²) in [5.41, 5.74) is 1.02. The average Bonchev–Trinajstić information content (AvgIpc) is 2.37. The fourth-order valence-corrected chi connectivity index (χ4v) is 9.98. The molecule has 0 bridgehead atoms. The normalized spacial score (nSPS) is 15.0. The highest BCUT2D eigenvalue weighted by molar-refractivity contribution is 9.42. The molecule has 0 nitrogen and oxygen atoms in total. The van der Waals surface area contributed by atoms with Gasteiger partial charge in [0.25, 0.3) is 0 Å². The molecule has 126 valence electrons. The topological polar surface area (TPSA) is 0 Å². The SMILES string of the molecule is BrC(Br)(Br)C(Br)(Br)C(Br)(Br)C(Br)(Br)C(Br)(Br)c1ccccc1. The van der Waals surface area contributed by atoms with E-state index in [9.17, 15) is 0 Å². The molecule has 1 rings (SSSR count). The van der Waals surface area contributed by atoms with Gasteiger partial charge in [0.05, 0.1) is 0 Å². The van der Waals surface area contributed by atoms with E-state index in [1.54, 1.807) is 0 Å². The minimum atomic E-state index is -0.778. The van der Waals surface area contributed by atoms with Gasteiger partial charge in [-0.15, -0.1) is 0 Å². The van der Waals surface area contributed by atoms with Crippen LogP contribution in [0.1, 0.15) is 5.56 Å². The third kappa shape index (κ3) is 4.56. The van der Waals surface area contributed by atoms with Crippen molar-refractivity contribution in [2.45, 2.75) is 15.1 Å². The van der Waals surface area contributed by atoms with Crippen molar-refractivity contribution in [3.63, 3.8) is 0 Å². The van der Waals surface area contributed by atoms with E-state index in [4.69, 9.17) is 0 Å². The maximum absolute atomic E-state index is 3.80. The summed E-state index contributed by atoms with van der Waals surface area (Å²) in [5, 5.41) is 0. The molecule has 0 saturated heterocycles. The van der Waals surface area contributed by atoms with Crippen LogP contribution in [0.5, 0.6) is 0 Å². The summed E-state index contributed by atoms with van der Waals surface area (Å²) >= 11 is 40.8. The van der Waals surface area contributed by atoms with E-state index in [1.165, 1.54) is 0 Å². The van der Waals surface area contributed by atoms with Gasteiger partial charge in [0.15, 0.2) is 2.14 Å². The van der Waals surface area contributed by atoms with Gasteiger partial charge < -0.3 is 0 Å². The van der Waals surface area contributed by atoms with Gasteiger partial charge in [-0.2, -0.15) is 0 Å². The van der Waals surface area contributed by atoms with Gasteiger partial charge in [-0.25, -0.2) is 0 Å². The number of rotatable bonds is 4. The van der Waals surface area contributed by atoms with Crippen molar-refractivity contribution in [1.82, 2.24) is 0 Å². The fraction of sp³-hybridized carbons (Fsp3) is 0.455. The van der Waals surface area contributed by atoms with Gasteiger partial charge in [0.2, 0.25) is 0 Å². The van der Waals surface area contributed by atoms with E-state index in [0.29, 0.717) is 0 Å². The molecule has 0 aliphatic rings. The Hall–Kier alpha value is 4.50. The van der Waals surface area contributed by atoms with Crippen molar-refractivity contribution in [2.75, 3.05) is 0 Å². The van der Waals surface area contributed by atoms with Crippen LogP contribution < -0.4 is 0 Å². The largest absolute Gasteiger partial charge is 0.162 e. The lowest BCUT2D eigenvalue weighted by atomic mass is 10.1. The minimum absolute atomic E-state index is 0.660. The van der Waals surface area contributed by atoms with Crippen LogP contribution in [0.2, 0.25) is 0 Å². The second-order valence-electron chi connectivity index (χ2n) is 4.16. The summed E-state index contributed by atoms with van der Waals surface area (Å²) in [4.78, 5) is 0. The van der Waals surface area contributed by atoms with Crippen LogP contribution in [-0.2, 0) is 3.23 Å². The molecule has 0 unspecified atom stereocenters. The first-order chi connectivity index (χ1) is 9.61. The molecule has 0 amide bonds. The van der Waals surface area contributed by atoms with Crippen molar-refractivity contribution in [2.24, 2.45) is 0 Å². The first-order valence-corrected chi connectivity index (χ1v) is 14.0. The number of hydrogen-bond acceptors (Lipinski definition) is 0. The number of halogens is 11. The van der Waals surface area contributed by atoms with Gasteiger partial charge in [-0.05, 0) is 5.56 Å². The summed E-state index contributed by atoms with van der Waals surface area (Å²) < 4.78 is -3.61. The van der Waals surface area contributed by atoms with Gasteiger partial charge in [-0.1, -0.05) is 206 Å². The molecule has 0 aliphatic carbocycles. The first-order valence-electron chi connectivity index (χ1n) is 5.24. The van der Waals surface area contributed by atoms with E-state index in [-0.39, 0.29) is 0 Å². The van der Waals surface area contributed by atoms with Crippen LogP contribution in [0.25, 0.3) is 0 Å². The van der Waals surface area contributed by atoms with Gasteiger partial charge in [0, 0.05) is 0 Å². The zero-order valence-electron chi connectivity index (χ0n) is 10.0. The Morgan fingerprint density at radius 2 is 0.909 bits per heavy atom. The molecule has 11 heteroatoms. The smallest absolute Gasteiger partial charge is 0.0674 e. The quantitative estimate of drug-likeness (QED) is 0.264. The number of alkyl halides is 11. The number of benzene rings is 1. The van der Waals surface area contributed by atoms with E-state index in [0.717, 1.165) is 5.56 Å². The van der Waals surface area contributed by atoms with Crippen LogP contribution in [0.4, 0.5) is 0 Å². The molecular weight excluding hydrogens is 1010 g/mol. The van der Waals surface area contributed by atoms with Crippen molar-refractivity contribution in [3.05, 3.63) is 35.9 Å². The van der Waals surface area contributed by atoms with Crippen LogP contribution in [0.15, 0.2) is 30.3 Å². The highest BCUT2D eigenvalue weighted by atomic mass is 80.0. The summed E-state index contributed by atoms with van der Waals surface area (Å²) in [5.74, 6) is 0. The van der Waals surface area contributed by atoms with Crippen LogP contribution in [0, 0.1) is 0 Å². The first kappa shape index (κ1) is 24.5. The maximum atomic E-state index is 3.80. The molecule has 0 spiro atoms. The Labute approximate surface area is 222 Å². The van der Waals surface area contributed by atoms with Gasteiger partial charge in [-0.3, -0.25) is 0 Å². The Morgan fingerprint density at radius 3 is 1.27 bits per heavy atom. The summed E-state index contributed by atoms with van der Waals surface area (Å²) in [6.45, 7) is 0. The molecule has 0 aromatic heterocycles. The Balaban J connectivity index is 3.45. The molecule has 0 heterocycles. The average molecular weight is 1020 g/mol. The third-order valence-electron chi connectivity index (χ3n) is 2.68. The maximum Gasteiger partial charge on any atom is 0.162 e. The molecule has 22 heavy (non-hydrogen) atoms. The number of hydrogen-bond donors (Lipinski definition) is 0. The van der Waals surface area contributed by atoms with Crippen molar-refractivity contribution >= 4 is 175 Å². The van der Waals surface area contributed by atoms with Crippen LogP contribution >= 0.6 is 175 Å². The lowest BCUT2D eigenvalue weighted by molar-refractivity contribution is 0.673. The summed E-state index contributed by atoms with van der Waals surface area (Å²) in [7, 11) is 0. The lowest BCUT2D eigenvalue weighted by Gasteiger charge is -2.51. The van der Waals surface area contributed by atoms with Crippen molar-refractivity contribution < 1.29 is 0 Å². The van der Waals surface area contributed by atoms with Gasteiger partial charge in [0.1, 0.15) is 12.9 Å². The fourth-order valence-electron chi connectivity index (χ4n) is 1.40. The predicted molar refractivity (Wildman–Crippen MR) is 137 cm³/mol. The highest BCUT2D eigenvalue weighted by Gasteiger charge is 2.69. The minimum Gasteiger partial charge on any atom is -0.0674 e. The third-order valence-corrected chi connectivity index (χ3v) is 23.3. The van der Waals surface area contributed by atoms with Crippen molar-refractivity contribution in [3.8, 4) is 0 Å². The molecule has 0 N–H and O–H groups in total. The summed E-state index contributed by atoms with van der Waals surface area (Å²) in [6.07, 6.45) is 0. The molecule has 0 radical (unpaired) electrons. The van der Waals surface area contributed by atoms with E-state index < -0.39 is 15.1 Å². The predicted octanol–water partition coefficient (Wildman–Crippen LogP) is 9.93. The van der Waals surface area contributed by atoms with Crippen molar-refractivity contribution in [1.29, 1.82) is 0 Å². The standard InChI is InChI=1S/C11H5Br11/c12-7(13,6-4-2-1-3-5-6)8(14,15)9(16,17)10(18,19)11(20,21)22/h1-5H. The molecule has 1 aromatic carbocycles. The van der Waals surface area contributed by atoms with Gasteiger partial charge >= 0.3 is 0 Å². The zero-order chi connectivity index (χ0) is 17.6. The summed E-state index contributed by atoms with van der Waals surface area (Å²) in [6, 6.07) is 9.96. The Bertz CT molecular complexity index is 515.